The lowest BCUT2D eigenvalue weighted by Crippen LogP contribution is -2.43. The van der Waals surface area contributed by atoms with Gasteiger partial charge in [0.25, 0.3) is 0 Å². The largest absolute Gasteiger partial charge is 0.341 e. The van der Waals surface area contributed by atoms with Crippen molar-refractivity contribution in [2.75, 3.05) is 18.8 Å². The Hall–Kier alpha value is -1.04. The summed E-state index contributed by atoms with van der Waals surface area (Å²) in [5.74, 6) is 1.88. The Bertz CT molecular complexity index is 410. The van der Waals surface area contributed by atoms with Crippen LogP contribution in [-0.2, 0) is 11.8 Å². The van der Waals surface area contributed by atoms with Gasteiger partial charge in [-0.25, -0.2) is 0 Å². The third-order valence-electron chi connectivity index (χ3n) is 3.22. The van der Waals surface area contributed by atoms with E-state index in [0.717, 1.165) is 18.2 Å². The summed E-state index contributed by atoms with van der Waals surface area (Å²) in [5, 5.41) is 8.56. The van der Waals surface area contributed by atoms with E-state index in [1.54, 1.807) is 6.33 Å². The monoisotopic (exact) mass is 268 g/mol. The van der Waals surface area contributed by atoms with E-state index in [4.69, 9.17) is 0 Å². The van der Waals surface area contributed by atoms with Crippen LogP contribution in [0.4, 0.5) is 0 Å². The molecule has 1 saturated heterocycles. The summed E-state index contributed by atoms with van der Waals surface area (Å²) in [4.78, 5) is 14.1. The molecule has 6 heteroatoms. The van der Waals surface area contributed by atoms with Crippen molar-refractivity contribution in [3.05, 3.63) is 6.33 Å². The van der Waals surface area contributed by atoms with Gasteiger partial charge in [0.05, 0.1) is 5.75 Å². The van der Waals surface area contributed by atoms with Crippen molar-refractivity contribution in [2.24, 2.45) is 18.9 Å². The molecule has 1 amide bonds. The maximum absolute atomic E-state index is 12.1. The Labute approximate surface area is 112 Å². The van der Waals surface area contributed by atoms with E-state index >= 15 is 0 Å². The molecule has 100 valence electrons. The number of thioether (sulfide) groups is 1. The molecule has 5 nitrogen and oxygen atoms in total. The molecule has 0 aliphatic carbocycles. The standard InChI is InChI=1S/C12H20N4OS/c1-9-4-10(2)6-16(5-9)11(17)7-18-12-14-13-8-15(12)3/h8-10H,4-7H2,1-3H3. The maximum Gasteiger partial charge on any atom is 0.233 e. The van der Waals surface area contributed by atoms with E-state index < -0.39 is 0 Å². The number of likely N-dealkylation sites (tertiary alicyclic amines) is 1. The maximum atomic E-state index is 12.1. The van der Waals surface area contributed by atoms with Gasteiger partial charge < -0.3 is 9.47 Å². The van der Waals surface area contributed by atoms with Crippen LogP contribution in [0.15, 0.2) is 11.5 Å². The molecule has 2 heterocycles. The van der Waals surface area contributed by atoms with Gasteiger partial charge in [0.1, 0.15) is 6.33 Å². The molecule has 2 atom stereocenters. The normalized spacial score (nSPS) is 24.3. The van der Waals surface area contributed by atoms with Gasteiger partial charge in [0.2, 0.25) is 5.91 Å². The highest BCUT2D eigenvalue weighted by molar-refractivity contribution is 7.99. The predicted molar refractivity (Wildman–Crippen MR) is 71.3 cm³/mol. The molecular formula is C12H20N4OS. The van der Waals surface area contributed by atoms with Crippen molar-refractivity contribution in [2.45, 2.75) is 25.4 Å². The van der Waals surface area contributed by atoms with Crippen LogP contribution in [0.25, 0.3) is 0 Å². The Morgan fingerprint density at radius 2 is 2.11 bits per heavy atom. The van der Waals surface area contributed by atoms with Crippen LogP contribution < -0.4 is 0 Å². The number of piperidine rings is 1. The lowest BCUT2D eigenvalue weighted by molar-refractivity contribution is -0.130. The summed E-state index contributed by atoms with van der Waals surface area (Å²) < 4.78 is 1.83. The number of carbonyl (C=O) groups excluding carboxylic acids is 1. The molecule has 2 unspecified atom stereocenters. The molecule has 0 bridgehead atoms. The molecule has 1 aliphatic heterocycles. The summed E-state index contributed by atoms with van der Waals surface area (Å²) in [7, 11) is 1.89. The van der Waals surface area contributed by atoms with Gasteiger partial charge in [0.15, 0.2) is 5.16 Å². The van der Waals surface area contributed by atoms with E-state index in [2.05, 4.69) is 24.0 Å². The predicted octanol–water partition coefficient (Wildman–Crippen LogP) is 1.41. The molecule has 1 aromatic rings. The van der Waals surface area contributed by atoms with Crippen molar-refractivity contribution in [1.29, 1.82) is 0 Å². The Kier molecular flexibility index (Phi) is 4.27. The van der Waals surface area contributed by atoms with Gasteiger partial charge in [0, 0.05) is 20.1 Å². The van der Waals surface area contributed by atoms with Crippen LogP contribution in [0.5, 0.6) is 0 Å². The molecule has 0 saturated carbocycles. The fourth-order valence-corrected chi connectivity index (χ4v) is 3.28. The van der Waals surface area contributed by atoms with Gasteiger partial charge in [-0.1, -0.05) is 25.6 Å². The number of hydrogen-bond donors (Lipinski definition) is 0. The lowest BCUT2D eigenvalue weighted by atomic mass is 9.92. The second-order valence-corrected chi connectivity index (χ2v) is 6.20. The fraction of sp³-hybridized carbons (Fsp3) is 0.750. The van der Waals surface area contributed by atoms with Crippen LogP contribution in [0.2, 0.25) is 0 Å². The second-order valence-electron chi connectivity index (χ2n) is 5.26. The number of hydrogen-bond acceptors (Lipinski definition) is 4. The molecule has 1 fully saturated rings. The Morgan fingerprint density at radius 1 is 1.44 bits per heavy atom. The third-order valence-corrected chi connectivity index (χ3v) is 4.24. The number of carbonyl (C=O) groups is 1. The quantitative estimate of drug-likeness (QED) is 0.778. The SMILES string of the molecule is CC1CC(C)CN(C(=O)CSc2nncn2C)C1. The van der Waals surface area contributed by atoms with Crippen molar-refractivity contribution in [3.8, 4) is 0 Å². The first kappa shape index (κ1) is 13.4. The molecule has 0 spiro atoms. The number of rotatable bonds is 3. The summed E-state index contributed by atoms with van der Waals surface area (Å²) >= 11 is 1.46. The Balaban J connectivity index is 1.86. The summed E-state index contributed by atoms with van der Waals surface area (Å²) in [6, 6.07) is 0. The van der Waals surface area contributed by atoms with Gasteiger partial charge in [-0.15, -0.1) is 10.2 Å². The van der Waals surface area contributed by atoms with E-state index in [1.807, 2.05) is 16.5 Å². The minimum Gasteiger partial charge on any atom is -0.341 e. The zero-order chi connectivity index (χ0) is 13.1. The highest BCUT2D eigenvalue weighted by Gasteiger charge is 2.25. The second kappa shape index (κ2) is 5.73. The van der Waals surface area contributed by atoms with Crippen LogP contribution >= 0.6 is 11.8 Å². The number of amides is 1. The molecule has 0 radical (unpaired) electrons. The lowest BCUT2D eigenvalue weighted by Gasteiger charge is -2.34. The molecule has 0 aromatic carbocycles. The van der Waals surface area contributed by atoms with Crippen molar-refractivity contribution in [1.82, 2.24) is 19.7 Å². The number of aryl methyl sites for hydroxylation is 1. The van der Waals surface area contributed by atoms with Crippen LogP contribution in [0, 0.1) is 11.8 Å². The van der Waals surface area contributed by atoms with E-state index in [1.165, 1.54) is 18.2 Å². The average molecular weight is 268 g/mol. The van der Waals surface area contributed by atoms with E-state index in [-0.39, 0.29) is 5.91 Å². The summed E-state index contributed by atoms with van der Waals surface area (Å²) in [6.45, 7) is 6.21. The van der Waals surface area contributed by atoms with Crippen molar-refractivity contribution >= 4 is 17.7 Å². The minimum absolute atomic E-state index is 0.210. The topological polar surface area (TPSA) is 51.0 Å². The molecule has 0 N–H and O–H groups in total. The molecule has 1 aromatic heterocycles. The van der Waals surface area contributed by atoms with E-state index in [0.29, 0.717) is 17.6 Å². The van der Waals surface area contributed by atoms with Gasteiger partial charge >= 0.3 is 0 Å². The third kappa shape index (κ3) is 3.25. The first-order chi connectivity index (χ1) is 8.56. The van der Waals surface area contributed by atoms with E-state index in [9.17, 15) is 4.79 Å². The zero-order valence-electron chi connectivity index (χ0n) is 11.2. The first-order valence-corrected chi connectivity index (χ1v) is 7.29. The average Bonchev–Trinajstić information content (AvgIpc) is 2.70. The molecule has 18 heavy (non-hydrogen) atoms. The van der Waals surface area contributed by atoms with Gasteiger partial charge in [-0.3, -0.25) is 4.79 Å². The molecule has 2 rings (SSSR count). The van der Waals surface area contributed by atoms with Crippen LogP contribution in [0.1, 0.15) is 20.3 Å². The van der Waals surface area contributed by atoms with Crippen LogP contribution in [0.3, 0.4) is 0 Å². The smallest absolute Gasteiger partial charge is 0.233 e. The highest BCUT2D eigenvalue weighted by atomic mass is 32.2. The number of aromatic nitrogens is 3. The highest BCUT2D eigenvalue weighted by Crippen LogP contribution is 2.22. The summed E-state index contributed by atoms with van der Waals surface area (Å²) in [5.41, 5.74) is 0. The van der Waals surface area contributed by atoms with Gasteiger partial charge in [-0.2, -0.15) is 0 Å². The van der Waals surface area contributed by atoms with Crippen molar-refractivity contribution < 1.29 is 4.79 Å². The first-order valence-electron chi connectivity index (χ1n) is 6.31. The fourth-order valence-electron chi connectivity index (χ4n) is 2.49. The molecule has 1 aliphatic rings. The van der Waals surface area contributed by atoms with Crippen molar-refractivity contribution in [3.63, 3.8) is 0 Å². The summed E-state index contributed by atoms with van der Waals surface area (Å²) in [6.07, 6.45) is 2.87. The van der Waals surface area contributed by atoms with Crippen LogP contribution in [-0.4, -0.2) is 44.4 Å². The molecular weight excluding hydrogens is 248 g/mol. The Morgan fingerprint density at radius 3 is 2.67 bits per heavy atom. The zero-order valence-corrected chi connectivity index (χ0v) is 12.0. The van der Waals surface area contributed by atoms with Gasteiger partial charge in [-0.05, 0) is 18.3 Å². The minimum atomic E-state index is 0.210. The number of nitrogens with zero attached hydrogens (tertiary/aromatic N) is 4.